The standard InChI is InChI=1S/C19H22Cl2N2O2/c1-13(23(2)12-15-6-9-17(20)18(21)10-15)19(24)22-11-14-4-7-16(25-3)8-5-14/h4-10,13H,11-12H2,1-3H3,(H,22,24)/t13-/m1/s1. The molecule has 2 aromatic rings. The highest BCUT2D eigenvalue weighted by Crippen LogP contribution is 2.23. The normalized spacial score (nSPS) is 12.1. The Hall–Kier alpha value is -1.75. The minimum atomic E-state index is -0.271. The molecule has 0 aliphatic rings. The Bertz CT molecular complexity index is 720. The first-order valence-electron chi connectivity index (χ1n) is 7.95. The van der Waals surface area contributed by atoms with E-state index in [1.54, 1.807) is 13.2 Å². The number of halogens is 2. The Morgan fingerprint density at radius 3 is 2.36 bits per heavy atom. The lowest BCUT2D eigenvalue weighted by atomic mass is 10.1. The molecule has 0 radical (unpaired) electrons. The molecular formula is C19H22Cl2N2O2. The third-order valence-corrected chi connectivity index (χ3v) is 4.82. The number of benzene rings is 2. The number of ether oxygens (including phenoxy) is 1. The van der Waals surface area contributed by atoms with E-state index in [9.17, 15) is 4.79 Å². The van der Waals surface area contributed by atoms with E-state index in [2.05, 4.69) is 5.32 Å². The van der Waals surface area contributed by atoms with Gasteiger partial charge in [0.25, 0.3) is 0 Å². The van der Waals surface area contributed by atoms with Crippen molar-refractivity contribution in [1.82, 2.24) is 10.2 Å². The molecule has 1 amide bonds. The number of hydrogen-bond donors (Lipinski definition) is 1. The number of likely N-dealkylation sites (N-methyl/N-ethyl adjacent to an activating group) is 1. The molecule has 0 aromatic heterocycles. The van der Waals surface area contributed by atoms with Crippen molar-refractivity contribution in [2.45, 2.75) is 26.1 Å². The highest BCUT2D eigenvalue weighted by Gasteiger charge is 2.18. The number of methoxy groups -OCH3 is 1. The highest BCUT2D eigenvalue weighted by atomic mass is 35.5. The summed E-state index contributed by atoms with van der Waals surface area (Å²) in [4.78, 5) is 14.3. The molecule has 0 fully saturated rings. The largest absolute Gasteiger partial charge is 0.497 e. The SMILES string of the molecule is COc1ccc(CNC(=O)[C@@H](C)N(C)Cc2ccc(Cl)c(Cl)c2)cc1. The summed E-state index contributed by atoms with van der Waals surface area (Å²) in [5.74, 6) is 0.767. The molecule has 1 N–H and O–H groups in total. The second kappa shape index (κ2) is 9.09. The van der Waals surface area contributed by atoms with Crippen molar-refractivity contribution in [2.75, 3.05) is 14.2 Å². The molecule has 1 atom stereocenters. The Morgan fingerprint density at radius 2 is 1.76 bits per heavy atom. The Kier molecular flexibility index (Phi) is 7.12. The topological polar surface area (TPSA) is 41.6 Å². The molecule has 0 saturated carbocycles. The summed E-state index contributed by atoms with van der Waals surface area (Å²) in [6, 6.07) is 12.8. The maximum Gasteiger partial charge on any atom is 0.237 e. The van der Waals surface area contributed by atoms with E-state index in [0.717, 1.165) is 16.9 Å². The predicted octanol–water partition coefficient (Wildman–Crippen LogP) is 4.14. The van der Waals surface area contributed by atoms with Crippen LogP contribution >= 0.6 is 23.2 Å². The van der Waals surface area contributed by atoms with Crippen LogP contribution in [0.2, 0.25) is 10.0 Å². The quantitative estimate of drug-likeness (QED) is 0.784. The van der Waals surface area contributed by atoms with Gasteiger partial charge in [-0.2, -0.15) is 0 Å². The molecule has 2 rings (SSSR count). The minimum absolute atomic E-state index is 0.0293. The van der Waals surface area contributed by atoms with Gasteiger partial charge in [0.2, 0.25) is 5.91 Å². The molecule has 0 spiro atoms. The molecule has 2 aromatic carbocycles. The van der Waals surface area contributed by atoms with Gasteiger partial charge >= 0.3 is 0 Å². The van der Waals surface area contributed by atoms with E-state index < -0.39 is 0 Å². The van der Waals surface area contributed by atoms with E-state index in [1.807, 2.05) is 55.3 Å². The zero-order valence-electron chi connectivity index (χ0n) is 14.6. The molecule has 0 heterocycles. The summed E-state index contributed by atoms with van der Waals surface area (Å²) in [5, 5.41) is 4.00. The van der Waals surface area contributed by atoms with E-state index in [0.29, 0.717) is 23.1 Å². The number of amides is 1. The molecule has 134 valence electrons. The van der Waals surface area contributed by atoms with Crippen LogP contribution in [-0.4, -0.2) is 31.0 Å². The van der Waals surface area contributed by atoms with Crippen molar-refractivity contribution < 1.29 is 9.53 Å². The van der Waals surface area contributed by atoms with Crippen LogP contribution in [0.5, 0.6) is 5.75 Å². The first-order valence-corrected chi connectivity index (χ1v) is 8.71. The summed E-state index contributed by atoms with van der Waals surface area (Å²) < 4.78 is 5.13. The van der Waals surface area contributed by atoms with Crippen LogP contribution in [0.4, 0.5) is 0 Å². The molecule has 0 saturated heterocycles. The summed E-state index contributed by atoms with van der Waals surface area (Å²) in [6.45, 7) is 2.96. The first kappa shape index (κ1) is 19.6. The van der Waals surface area contributed by atoms with Gasteiger partial charge in [-0.3, -0.25) is 9.69 Å². The fourth-order valence-electron chi connectivity index (χ4n) is 2.34. The van der Waals surface area contributed by atoms with Gasteiger partial charge in [-0.1, -0.05) is 41.4 Å². The average molecular weight is 381 g/mol. The van der Waals surface area contributed by atoms with Gasteiger partial charge in [0.05, 0.1) is 23.2 Å². The van der Waals surface area contributed by atoms with E-state index in [1.165, 1.54) is 0 Å². The maximum atomic E-state index is 12.4. The molecule has 25 heavy (non-hydrogen) atoms. The van der Waals surface area contributed by atoms with Crippen molar-refractivity contribution in [2.24, 2.45) is 0 Å². The second-order valence-electron chi connectivity index (χ2n) is 5.91. The molecule has 0 aliphatic heterocycles. The fraction of sp³-hybridized carbons (Fsp3) is 0.316. The molecular weight excluding hydrogens is 359 g/mol. The van der Waals surface area contributed by atoms with Gasteiger partial charge in [0.1, 0.15) is 5.75 Å². The van der Waals surface area contributed by atoms with E-state index in [-0.39, 0.29) is 11.9 Å². The summed E-state index contributed by atoms with van der Waals surface area (Å²) in [5.41, 5.74) is 2.03. The molecule has 0 aliphatic carbocycles. The van der Waals surface area contributed by atoms with Gasteiger partial charge in [-0.05, 0) is 49.4 Å². The van der Waals surface area contributed by atoms with Crippen molar-refractivity contribution >= 4 is 29.1 Å². The zero-order chi connectivity index (χ0) is 18.4. The third-order valence-electron chi connectivity index (χ3n) is 4.08. The second-order valence-corrected chi connectivity index (χ2v) is 6.72. The van der Waals surface area contributed by atoms with Gasteiger partial charge in [0, 0.05) is 13.1 Å². The lowest BCUT2D eigenvalue weighted by Crippen LogP contribution is -2.42. The smallest absolute Gasteiger partial charge is 0.237 e. The number of carbonyl (C=O) groups is 1. The van der Waals surface area contributed by atoms with Gasteiger partial charge in [-0.15, -0.1) is 0 Å². The van der Waals surface area contributed by atoms with Crippen LogP contribution in [0.15, 0.2) is 42.5 Å². The number of nitrogens with zero attached hydrogens (tertiary/aromatic N) is 1. The van der Waals surface area contributed by atoms with Crippen LogP contribution < -0.4 is 10.1 Å². The minimum Gasteiger partial charge on any atom is -0.497 e. The van der Waals surface area contributed by atoms with Crippen LogP contribution in [0.1, 0.15) is 18.1 Å². The lowest BCUT2D eigenvalue weighted by Gasteiger charge is -2.24. The van der Waals surface area contributed by atoms with Gasteiger partial charge < -0.3 is 10.1 Å². The Morgan fingerprint density at radius 1 is 1.12 bits per heavy atom. The molecule has 4 nitrogen and oxygen atoms in total. The molecule has 0 unspecified atom stereocenters. The number of rotatable bonds is 7. The third kappa shape index (κ3) is 5.63. The first-order chi connectivity index (χ1) is 11.9. The van der Waals surface area contributed by atoms with Gasteiger partial charge in [-0.25, -0.2) is 0 Å². The van der Waals surface area contributed by atoms with Crippen molar-refractivity contribution in [3.63, 3.8) is 0 Å². The van der Waals surface area contributed by atoms with Gasteiger partial charge in [0.15, 0.2) is 0 Å². The van der Waals surface area contributed by atoms with Crippen molar-refractivity contribution in [3.05, 3.63) is 63.6 Å². The van der Waals surface area contributed by atoms with E-state index >= 15 is 0 Å². The van der Waals surface area contributed by atoms with Crippen LogP contribution in [0.25, 0.3) is 0 Å². The molecule has 6 heteroatoms. The summed E-state index contributed by atoms with van der Waals surface area (Å²) >= 11 is 12.0. The summed E-state index contributed by atoms with van der Waals surface area (Å²) in [6.07, 6.45) is 0. The van der Waals surface area contributed by atoms with E-state index in [4.69, 9.17) is 27.9 Å². The Labute approximate surface area is 158 Å². The number of hydrogen-bond acceptors (Lipinski definition) is 3. The number of carbonyl (C=O) groups excluding carboxylic acids is 1. The highest BCUT2D eigenvalue weighted by molar-refractivity contribution is 6.42. The lowest BCUT2D eigenvalue weighted by molar-refractivity contribution is -0.125. The fourth-order valence-corrected chi connectivity index (χ4v) is 2.66. The average Bonchev–Trinajstić information content (AvgIpc) is 2.62. The van der Waals surface area contributed by atoms with Crippen LogP contribution in [-0.2, 0) is 17.9 Å². The summed E-state index contributed by atoms with van der Waals surface area (Å²) in [7, 11) is 3.53. The Balaban J connectivity index is 1.88. The number of nitrogens with one attached hydrogen (secondary N) is 1. The van der Waals surface area contributed by atoms with Crippen molar-refractivity contribution in [1.29, 1.82) is 0 Å². The van der Waals surface area contributed by atoms with Crippen LogP contribution in [0, 0.1) is 0 Å². The zero-order valence-corrected chi connectivity index (χ0v) is 16.1. The predicted molar refractivity (Wildman–Crippen MR) is 102 cm³/mol. The monoisotopic (exact) mass is 380 g/mol. The molecule has 0 bridgehead atoms. The van der Waals surface area contributed by atoms with Crippen LogP contribution in [0.3, 0.4) is 0 Å². The van der Waals surface area contributed by atoms with Crippen molar-refractivity contribution in [3.8, 4) is 5.75 Å². The maximum absolute atomic E-state index is 12.4.